The summed E-state index contributed by atoms with van der Waals surface area (Å²) < 4.78 is 5.13. The van der Waals surface area contributed by atoms with Crippen molar-refractivity contribution in [1.82, 2.24) is 0 Å². The topological polar surface area (TPSA) is 0 Å². The van der Waals surface area contributed by atoms with Crippen molar-refractivity contribution in [1.29, 1.82) is 0 Å². The van der Waals surface area contributed by atoms with Gasteiger partial charge in [0, 0.05) is 34.9 Å². The first-order valence-corrected chi connectivity index (χ1v) is 16.3. The monoisotopic (exact) mass is 514 g/mol. The highest BCUT2D eigenvalue weighted by Crippen LogP contribution is 2.40. The second kappa shape index (κ2) is 6.92. The molecule has 2 heterocycles. The normalized spacial score (nSPS) is 12.3. The quantitative estimate of drug-likeness (QED) is 0.140. The van der Waals surface area contributed by atoms with Crippen LogP contribution >= 0.6 is 38.6 Å². The summed E-state index contributed by atoms with van der Waals surface area (Å²) in [5.41, 5.74) is 4.58. The van der Waals surface area contributed by atoms with Crippen molar-refractivity contribution < 1.29 is 0 Å². The van der Waals surface area contributed by atoms with Crippen LogP contribution in [-0.4, -0.2) is 8.07 Å². The molecule has 0 unspecified atom stereocenters. The van der Waals surface area contributed by atoms with Gasteiger partial charge in [-0.15, -0.1) is 28.2 Å². The largest absolute Gasteiger partial charge is 0.144 e. The van der Waals surface area contributed by atoms with Gasteiger partial charge in [0.1, 0.15) is 8.07 Å². The average molecular weight is 516 g/mol. The van der Waals surface area contributed by atoms with Gasteiger partial charge in [0.2, 0.25) is 0 Å². The molecule has 0 nitrogen and oxygen atoms in total. The van der Waals surface area contributed by atoms with Crippen LogP contribution in [0, 0.1) is 11.5 Å². The summed E-state index contributed by atoms with van der Waals surface area (Å²) >= 11 is 7.45. The Kier molecular flexibility index (Phi) is 4.35. The molecule has 0 fully saturated rings. The second-order valence-corrected chi connectivity index (χ2v) is 16.8. The molecule has 0 amide bonds. The Balaban J connectivity index is 1.62. The Hall–Kier alpha value is -2.16. The lowest BCUT2D eigenvalue weighted by Crippen LogP contribution is -2.16. The van der Waals surface area contributed by atoms with Crippen molar-refractivity contribution in [3.05, 3.63) is 70.0 Å². The molecule has 0 atom stereocenters. The highest BCUT2D eigenvalue weighted by molar-refractivity contribution is 9.10. The van der Waals surface area contributed by atoms with E-state index in [1.807, 2.05) is 22.7 Å². The molecular weight excluding hydrogens is 496 g/mol. The van der Waals surface area contributed by atoms with Crippen LogP contribution < -0.4 is 0 Å². The maximum absolute atomic E-state index is 3.75. The predicted octanol–water partition coefficient (Wildman–Crippen LogP) is 9.57. The fourth-order valence-electron chi connectivity index (χ4n) is 4.10. The van der Waals surface area contributed by atoms with Crippen LogP contribution in [0.3, 0.4) is 0 Å². The maximum atomic E-state index is 3.75. The second-order valence-electron chi connectivity index (χ2n) is 9.14. The molecule has 0 N–H and O–H groups in total. The molecular formula is C27H19BrS2Si. The molecule has 150 valence electrons. The standard InChI is InChI=1S/C27H19BrS2Si/c1-31(2,3)7-5-16-8-18-10-22-23-11-19-9-17-4-6-29-25(17)13-21(19)15-27(23)30-26(22)14-20(18)12-24(16)28/h4,6,8-15H,1-3H3. The number of halogens is 1. The molecule has 0 aliphatic rings. The number of thiophene rings is 2. The van der Waals surface area contributed by atoms with Gasteiger partial charge in [-0.3, -0.25) is 0 Å². The van der Waals surface area contributed by atoms with Gasteiger partial charge in [-0.1, -0.05) is 25.6 Å². The van der Waals surface area contributed by atoms with Gasteiger partial charge in [0.05, 0.1) is 0 Å². The molecule has 0 saturated heterocycles. The number of fused-ring (bicyclic) bond motifs is 6. The Bertz CT molecular complexity index is 1740. The van der Waals surface area contributed by atoms with Crippen molar-refractivity contribution >= 4 is 98.5 Å². The van der Waals surface area contributed by atoms with Crippen molar-refractivity contribution in [2.75, 3.05) is 0 Å². The lowest BCUT2D eigenvalue weighted by molar-refractivity contribution is 1.66. The lowest BCUT2D eigenvalue weighted by atomic mass is 10.0. The molecule has 0 spiro atoms. The number of hydrogen-bond donors (Lipinski definition) is 0. The highest BCUT2D eigenvalue weighted by Gasteiger charge is 2.12. The number of benzene rings is 4. The van der Waals surface area contributed by atoms with Crippen LogP contribution in [0.25, 0.3) is 51.8 Å². The average Bonchev–Trinajstić information content (AvgIpc) is 3.29. The van der Waals surface area contributed by atoms with E-state index in [0.717, 1.165) is 10.0 Å². The van der Waals surface area contributed by atoms with E-state index in [1.165, 1.54) is 51.8 Å². The van der Waals surface area contributed by atoms with Crippen molar-refractivity contribution in [3.8, 4) is 11.5 Å². The first-order chi connectivity index (χ1) is 14.8. The number of rotatable bonds is 0. The fourth-order valence-corrected chi connectivity index (χ4v) is 7.05. The minimum absolute atomic E-state index is 1.08. The molecule has 4 aromatic carbocycles. The molecule has 0 radical (unpaired) electrons. The Morgan fingerprint density at radius 2 is 1.32 bits per heavy atom. The molecule has 0 bridgehead atoms. The van der Waals surface area contributed by atoms with Gasteiger partial charge in [-0.05, 0) is 103 Å². The summed E-state index contributed by atoms with van der Waals surface area (Å²) in [5.74, 6) is 3.43. The Labute approximate surface area is 198 Å². The highest BCUT2D eigenvalue weighted by atomic mass is 79.9. The van der Waals surface area contributed by atoms with E-state index in [1.54, 1.807) is 0 Å². The summed E-state index contributed by atoms with van der Waals surface area (Å²) in [5, 5.41) is 11.3. The van der Waals surface area contributed by atoms with Crippen LogP contribution in [0.2, 0.25) is 19.6 Å². The van der Waals surface area contributed by atoms with Gasteiger partial charge in [-0.2, -0.15) is 0 Å². The van der Waals surface area contributed by atoms with E-state index in [2.05, 4.69) is 107 Å². The third-order valence-electron chi connectivity index (χ3n) is 5.62. The Morgan fingerprint density at radius 3 is 2.03 bits per heavy atom. The molecule has 4 heteroatoms. The SMILES string of the molecule is C[Si](C)(C)C#Cc1cc2cc3c(cc2cc1Br)sc1cc2cc4sccc4cc2cc13. The van der Waals surface area contributed by atoms with Gasteiger partial charge in [0.15, 0.2) is 0 Å². The molecule has 6 aromatic rings. The van der Waals surface area contributed by atoms with Crippen molar-refractivity contribution in [3.63, 3.8) is 0 Å². The van der Waals surface area contributed by atoms with Gasteiger partial charge >= 0.3 is 0 Å². The van der Waals surface area contributed by atoms with E-state index in [9.17, 15) is 0 Å². The number of hydrogen-bond acceptors (Lipinski definition) is 2. The third-order valence-corrected chi connectivity index (χ3v) is 9.14. The summed E-state index contributed by atoms with van der Waals surface area (Å²) in [6, 6.07) is 20.7. The van der Waals surface area contributed by atoms with E-state index in [0.29, 0.717) is 0 Å². The first kappa shape index (κ1) is 19.5. The van der Waals surface area contributed by atoms with Gasteiger partial charge in [0.25, 0.3) is 0 Å². The van der Waals surface area contributed by atoms with E-state index >= 15 is 0 Å². The Morgan fingerprint density at radius 1 is 0.710 bits per heavy atom. The molecule has 0 aliphatic heterocycles. The van der Waals surface area contributed by atoms with E-state index in [-0.39, 0.29) is 0 Å². The molecule has 2 aromatic heterocycles. The third kappa shape index (κ3) is 3.41. The first-order valence-electron chi connectivity index (χ1n) is 10.3. The minimum Gasteiger partial charge on any atom is -0.144 e. The predicted molar refractivity (Wildman–Crippen MR) is 148 cm³/mol. The van der Waals surface area contributed by atoms with Crippen molar-refractivity contribution in [2.45, 2.75) is 19.6 Å². The minimum atomic E-state index is -1.42. The van der Waals surface area contributed by atoms with Crippen LogP contribution in [0.15, 0.2) is 64.5 Å². The van der Waals surface area contributed by atoms with Gasteiger partial charge < -0.3 is 0 Å². The van der Waals surface area contributed by atoms with Gasteiger partial charge in [-0.25, -0.2) is 0 Å². The zero-order chi connectivity index (χ0) is 21.3. The summed E-state index contributed by atoms with van der Waals surface area (Å²) in [7, 11) is -1.42. The molecule has 0 saturated carbocycles. The van der Waals surface area contributed by atoms with Crippen molar-refractivity contribution in [2.24, 2.45) is 0 Å². The zero-order valence-corrected chi connectivity index (χ0v) is 21.7. The fraction of sp³-hybridized carbons (Fsp3) is 0.111. The molecule has 0 aliphatic carbocycles. The van der Waals surface area contributed by atoms with Crippen LogP contribution in [0.1, 0.15) is 5.56 Å². The summed E-state index contributed by atoms with van der Waals surface area (Å²) in [6.45, 7) is 6.85. The molecule has 6 rings (SSSR count). The maximum Gasteiger partial charge on any atom is 0.129 e. The molecule has 31 heavy (non-hydrogen) atoms. The summed E-state index contributed by atoms with van der Waals surface area (Å²) in [6.07, 6.45) is 0. The van der Waals surface area contributed by atoms with E-state index in [4.69, 9.17) is 0 Å². The van der Waals surface area contributed by atoms with Crippen LogP contribution in [-0.2, 0) is 0 Å². The van der Waals surface area contributed by atoms with Crippen LogP contribution in [0.5, 0.6) is 0 Å². The summed E-state index contributed by atoms with van der Waals surface area (Å²) in [4.78, 5) is 0. The zero-order valence-electron chi connectivity index (χ0n) is 17.5. The lowest BCUT2D eigenvalue weighted by Gasteiger charge is -2.06. The smallest absolute Gasteiger partial charge is 0.129 e. The van der Waals surface area contributed by atoms with Crippen LogP contribution in [0.4, 0.5) is 0 Å². The van der Waals surface area contributed by atoms with E-state index < -0.39 is 8.07 Å².